The van der Waals surface area contributed by atoms with Gasteiger partial charge in [0.25, 0.3) is 5.69 Å². The summed E-state index contributed by atoms with van der Waals surface area (Å²) < 4.78 is 5.37. The van der Waals surface area contributed by atoms with Gasteiger partial charge in [-0.15, -0.1) is 0 Å². The van der Waals surface area contributed by atoms with Crippen LogP contribution >= 0.6 is 0 Å². The Morgan fingerprint density at radius 3 is 2.54 bits per heavy atom. The molecule has 0 unspecified atom stereocenters. The first kappa shape index (κ1) is 17.7. The molecule has 3 rings (SSSR count). The average Bonchev–Trinajstić information content (AvgIpc) is 2.68. The molecule has 1 aliphatic rings. The van der Waals surface area contributed by atoms with E-state index < -0.39 is 4.92 Å². The van der Waals surface area contributed by atoms with Crippen LogP contribution in [0.1, 0.15) is 11.1 Å². The monoisotopic (exact) mass is 352 g/mol. The number of rotatable bonds is 5. The number of nitrogens with zero attached hydrogens (tertiary/aromatic N) is 4. The number of nitriles is 1. The molecule has 0 radical (unpaired) electrons. The lowest BCUT2D eigenvalue weighted by Gasteiger charge is -2.29. The minimum absolute atomic E-state index is 0.0713. The van der Waals surface area contributed by atoms with Gasteiger partial charge in [-0.1, -0.05) is 12.1 Å². The molecule has 7 nitrogen and oxygen atoms in total. The first-order chi connectivity index (χ1) is 12.6. The first-order valence-corrected chi connectivity index (χ1v) is 8.40. The van der Waals surface area contributed by atoms with Crippen LogP contribution in [0.3, 0.4) is 0 Å². The van der Waals surface area contributed by atoms with Crippen molar-refractivity contribution >= 4 is 17.1 Å². The molecule has 1 heterocycles. The molecule has 0 saturated carbocycles. The fourth-order valence-electron chi connectivity index (χ4n) is 3.00. The molecule has 0 N–H and O–H groups in total. The van der Waals surface area contributed by atoms with Gasteiger partial charge in [-0.3, -0.25) is 10.1 Å². The predicted octanol–water partition coefficient (Wildman–Crippen LogP) is 2.94. The average molecular weight is 352 g/mol. The molecule has 0 aliphatic carbocycles. The second kappa shape index (κ2) is 7.85. The fraction of sp³-hybridized carbons (Fsp3) is 0.316. The highest BCUT2D eigenvalue weighted by Gasteiger charge is 2.16. The SMILES string of the molecule is CN(Cc1ccc(N2CCOCC2)cc1)c1ccc(C#N)c([N+](=O)[O-])c1. The van der Waals surface area contributed by atoms with Crippen molar-refractivity contribution in [2.24, 2.45) is 0 Å². The van der Waals surface area contributed by atoms with Crippen molar-refractivity contribution < 1.29 is 9.66 Å². The number of nitro groups is 1. The maximum atomic E-state index is 11.1. The highest BCUT2D eigenvalue weighted by Crippen LogP contribution is 2.26. The number of anilines is 2. The molecule has 0 spiro atoms. The van der Waals surface area contributed by atoms with Crippen molar-refractivity contribution in [1.82, 2.24) is 0 Å². The van der Waals surface area contributed by atoms with Crippen LogP contribution in [0.25, 0.3) is 0 Å². The smallest absolute Gasteiger partial charge is 0.289 e. The van der Waals surface area contributed by atoms with Crippen LogP contribution in [0.5, 0.6) is 0 Å². The third kappa shape index (κ3) is 3.92. The van der Waals surface area contributed by atoms with E-state index >= 15 is 0 Å². The molecule has 1 aliphatic heterocycles. The van der Waals surface area contributed by atoms with E-state index in [0.717, 1.165) is 31.9 Å². The summed E-state index contributed by atoms with van der Waals surface area (Å²) in [4.78, 5) is 14.8. The lowest BCUT2D eigenvalue weighted by Crippen LogP contribution is -2.36. The maximum absolute atomic E-state index is 11.1. The number of hydrogen-bond acceptors (Lipinski definition) is 6. The summed E-state index contributed by atoms with van der Waals surface area (Å²) in [7, 11) is 1.88. The summed E-state index contributed by atoms with van der Waals surface area (Å²) >= 11 is 0. The predicted molar refractivity (Wildman–Crippen MR) is 99.4 cm³/mol. The van der Waals surface area contributed by atoms with Gasteiger partial charge < -0.3 is 14.5 Å². The van der Waals surface area contributed by atoms with E-state index in [-0.39, 0.29) is 11.3 Å². The van der Waals surface area contributed by atoms with Gasteiger partial charge in [0.15, 0.2) is 0 Å². The van der Waals surface area contributed by atoms with Gasteiger partial charge in [-0.05, 0) is 29.8 Å². The van der Waals surface area contributed by atoms with Gasteiger partial charge in [0, 0.05) is 44.1 Å². The molecule has 0 atom stereocenters. The summed E-state index contributed by atoms with van der Waals surface area (Å²) in [6.45, 7) is 3.92. The topological polar surface area (TPSA) is 82.6 Å². The Morgan fingerprint density at radius 2 is 1.92 bits per heavy atom. The molecule has 26 heavy (non-hydrogen) atoms. The van der Waals surface area contributed by atoms with Crippen molar-refractivity contribution in [2.75, 3.05) is 43.2 Å². The normalized spacial score (nSPS) is 13.9. The van der Waals surface area contributed by atoms with Crippen LogP contribution in [0, 0.1) is 21.4 Å². The van der Waals surface area contributed by atoms with Crippen molar-refractivity contribution in [1.29, 1.82) is 5.26 Å². The van der Waals surface area contributed by atoms with Gasteiger partial charge >= 0.3 is 0 Å². The van der Waals surface area contributed by atoms with E-state index in [0.29, 0.717) is 12.2 Å². The molecule has 2 aromatic rings. The largest absolute Gasteiger partial charge is 0.378 e. The molecule has 2 aromatic carbocycles. The zero-order valence-electron chi connectivity index (χ0n) is 14.6. The van der Waals surface area contributed by atoms with E-state index in [9.17, 15) is 10.1 Å². The minimum Gasteiger partial charge on any atom is -0.378 e. The Kier molecular flexibility index (Phi) is 5.34. The fourth-order valence-corrected chi connectivity index (χ4v) is 3.00. The highest BCUT2D eigenvalue weighted by atomic mass is 16.6. The number of morpholine rings is 1. The van der Waals surface area contributed by atoms with Crippen LogP contribution in [0.4, 0.5) is 17.1 Å². The zero-order valence-corrected chi connectivity index (χ0v) is 14.6. The van der Waals surface area contributed by atoms with Crippen LogP contribution in [0.2, 0.25) is 0 Å². The van der Waals surface area contributed by atoms with Gasteiger partial charge in [-0.2, -0.15) is 5.26 Å². The maximum Gasteiger partial charge on any atom is 0.289 e. The molecular formula is C19H20N4O3. The quantitative estimate of drug-likeness (QED) is 0.608. The molecule has 0 aromatic heterocycles. The van der Waals surface area contributed by atoms with E-state index in [1.807, 2.05) is 18.0 Å². The second-order valence-corrected chi connectivity index (χ2v) is 6.19. The third-order valence-electron chi connectivity index (χ3n) is 4.47. The van der Waals surface area contributed by atoms with Crippen LogP contribution in [-0.2, 0) is 11.3 Å². The molecular weight excluding hydrogens is 332 g/mol. The van der Waals surface area contributed by atoms with E-state index in [4.69, 9.17) is 10.00 Å². The Balaban J connectivity index is 1.71. The van der Waals surface area contributed by atoms with Crippen LogP contribution in [-0.4, -0.2) is 38.3 Å². The summed E-state index contributed by atoms with van der Waals surface area (Å²) in [5, 5.41) is 20.1. The molecule has 134 valence electrons. The molecule has 0 bridgehead atoms. The van der Waals surface area contributed by atoms with Crippen molar-refractivity contribution in [3.8, 4) is 6.07 Å². The number of hydrogen-bond donors (Lipinski definition) is 0. The Hall–Kier alpha value is -3.11. The highest BCUT2D eigenvalue weighted by molar-refractivity contribution is 5.60. The lowest BCUT2D eigenvalue weighted by molar-refractivity contribution is -0.385. The van der Waals surface area contributed by atoms with Crippen LogP contribution < -0.4 is 9.80 Å². The van der Waals surface area contributed by atoms with E-state index in [1.165, 1.54) is 17.8 Å². The Morgan fingerprint density at radius 1 is 1.23 bits per heavy atom. The lowest BCUT2D eigenvalue weighted by atomic mass is 10.1. The van der Waals surface area contributed by atoms with E-state index in [2.05, 4.69) is 29.2 Å². The van der Waals surface area contributed by atoms with Gasteiger partial charge in [0.2, 0.25) is 0 Å². The van der Waals surface area contributed by atoms with E-state index in [1.54, 1.807) is 6.07 Å². The van der Waals surface area contributed by atoms with Crippen molar-refractivity contribution in [3.05, 3.63) is 63.7 Å². The minimum atomic E-state index is -0.521. The summed E-state index contributed by atoms with van der Waals surface area (Å²) in [5.74, 6) is 0. The summed E-state index contributed by atoms with van der Waals surface area (Å²) in [6, 6.07) is 14.8. The number of nitro benzene ring substituents is 1. The van der Waals surface area contributed by atoms with Crippen molar-refractivity contribution in [3.63, 3.8) is 0 Å². The van der Waals surface area contributed by atoms with Gasteiger partial charge in [0.1, 0.15) is 11.6 Å². The van der Waals surface area contributed by atoms with Crippen LogP contribution in [0.15, 0.2) is 42.5 Å². The number of benzene rings is 2. The molecule has 0 amide bonds. The number of ether oxygens (including phenoxy) is 1. The van der Waals surface area contributed by atoms with Crippen molar-refractivity contribution in [2.45, 2.75) is 6.54 Å². The molecule has 7 heteroatoms. The zero-order chi connectivity index (χ0) is 18.5. The first-order valence-electron chi connectivity index (χ1n) is 8.40. The Bertz CT molecular complexity index is 824. The van der Waals surface area contributed by atoms with Gasteiger partial charge in [0.05, 0.1) is 18.1 Å². The van der Waals surface area contributed by atoms with Gasteiger partial charge in [-0.25, -0.2) is 0 Å². The molecule has 1 fully saturated rings. The second-order valence-electron chi connectivity index (χ2n) is 6.19. The molecule has 1 saturated heterocycles. The third-order valence-corrected chi connectivity index (χ3v) is 4.47. The summed E-state index contributed by atoms with van der Waals surface area (Å²) in [6.07, 6.45) is 0. The standard InChI is InChI=1S/C19H20N4O3/c1-21(18-7-4-16(13-20)19(12-18)23(24)25)14-15-2-5-17(6-3-15)22-8-10-26-11-9-22/h2-7,12H,8-11,14H2,1H3. The Labute approximate surface area is 152 Å². The summed E-state index contributed by atoms with van der Waals surface area (Å²) in [5.41, 5.74) is 2.89.